The Morgan fingerprint density at radius 3 is 2.33 bits per heavy atom. The standard InChI is InChI=1S/C17H27NO3/c1-5-11-17(13-19,14-9-7-6-8-10-14)12-18-15(20)21-16(2,3)4/h6-10,19H,5,11-13H2,1-4H3,(H,18,20). The van der Waals surface area contributed by atoms with E-state index < -0.39 is 17.1 Å². The Labute approximate surface area is 127 Å². The Morgan fingerprint density at radius 1 is 1.24 bits per heavy atom. The van der Waals surface area contributed by atoms with Crippen molar-refractivity contribution in [1.29, 1.82) is 0 Å². The van der Waals surface area contributed by atoms with Gasteiger partial charge in [-0.1, -0.05) is 43.7 Å². The Morgan fingerprint density at radius 2 is 1.86 bits per heavy atom. The van der Waals surface area contributed by atoms with E-state index in [0.717, 1.165) is 18.4 Å². The van der Waals surface area contributed by atoms with E-state index in [1.807, 2.05) is 51.1 Å². The number of ether oxygens (including phenoxy) is 1. The predicted octanol–water partition coefficient (Wildman–Crippen LogP) is 3.24. The van der Waals surface area contributed by atoms with Crippen LogP contribution in [0.2, 0.25) is 0 Å². The van der Waals surface area contributed by atoms with Crippen LogP contribution in [0.4, 0.5) is 4.79 Å². The van der Waals surface area contributed by atoms with Gasteiger partial charge in [0.2, 0.25) is 0 Å². The van der Waals surface area contributed by atoms with Crippen molar-refractivity contribution >= 4 is 6.09 Å². The van der Waals surface area contributed by atoms with Crippen LogP contribution >= 0.6 is 0 Å². The zero-order chi connectivity index (χ0) is 15.9. The molecule has 4 heteroatoms. The average Bonchev–Trinajstić information content (AvgIpc) is 2.43. The molecule has 1 aromatic rings. The van der Waals surface area contributed by atoms with Crippen molar-refractivity contribution in [2.24, 2.45) is 0 Å². The van der Waals surface area contributed by atoms with Crippen LogP contribution < -0.4 is 5.32 Å². The fraction of sp³-hybridized carbons (Fsp3) is 0.588. The smallest absolute Gasteiger partial charge is 0.407 e. The first-order chi connectivity index (χ1) is 9.83. The largest absolute Gasteiger partial charge is 0.444 e. The van der Waals surface area contributed by atoms with Gasteiger partial charge in [0.1, 0.15) is 5.60 Å². The lowest BCUT2D eigenvalue weighted by Gasteiger charge is -2.33. The van der Waals surface area contributed by atoms with Crippen molar-refractivity contribution in [3.8, 4) is 0 Å². The summed E-state index contributed by atoms with van der Waals surface area (Å²) in [5, 5.41) is 12.7. The van der Waals surface area contributed by atoms with Gasteiger partial charge < -0.3 is 15.2 Å². The van der Waals surface area contributed by atoms with Gasteiger partial charge in [-0.15, -0.1) is 0 Å². The highest BCUT2D eigenvalue weighted by molar-refractivity contribution is 5.67. The van der Waals surface area contributed by atoms with Crippen molar-refractivity contribution in [2.45, 2.75) is 51.6 Å². The lowest BCUT2D eigenvalue weighted by atomic mass is 9.77. The van der Waals surface area contributed by atoms with Crippen LogP contribution in [0.1, 0.15) is 46.1 Å². The monoisotopic (exact) mass is 293 g/mol. The number of amides is 1. The van der Waals surface area contributed by atoms with E-state index in [1.54, 1.807) is 0 Å². The molecule has 0 aromatic heterocycles. The van der Waals surface area contributed by atoms with E-state index in [9.17, 15) is 9.90 Å². The Balaban J connectivity index is 2.82. The highest BCUT2D eigenvalue weighted by Gasteiger charge is 2.31. The summed E-state index contributed by atoms with van der Waals surface area (Å²) in [6.45, 7) is 7.90. The van der Waals surface area contributed by atoms with Gasteiger partial charge in [0, 0.05) is 12.0 Å². The van der Waals surface area contributed by atoms with E-state index >= 15 is 0 Å². The summed E-state index contributed by atoms with van der Waals surface area (Å²) in [5.41, 5.74) is 0.0431. The van der Waals surface area contributed by atoms with Gasteiger partial charge in [0.25, 0.3) is 0 Å². The molecular weight excluding hydrogens is 266 g/mol. The number of hydrogen-bond acceptors (Lipinski definition) is 3. The maximum Gasteiger partial charge on any atom is 0.407 e. The molecule has 2 N–H and O–H groups in total. The second-order valence-electron chi connectivity index (χ2n) is 6.41. The Hall–Kier alpha value is -1.55. The van der Waals surface area contributed by atoms with Gasteiger partial charge in [-0.3, -0.25) is 0 Å². The van der Waals surface area contributed by atoms with Gasteiger partial charge in [-0.2, -0.15) is 0 Å². The van der Waals surface area contributed by atoms with Gasteiger partial charge >= 0.3 is 6.09 Å². The van der Waals surface area contributed by atoms with E-state index in [0.29, 0.717) is 6.54 Å². The van der Waals surface area contributed by atoms with Gasteiger partial charge in [-0.25, -0.2) is 4.79 Å². The molecule has 1 aromatic carbocycles. The number of alkyl carbamates (subject to hydrolysis) is 1. The molecule has 1 atom stereocenters. The average molecular weight is 293 g/mol. The molecule has 21 heavy (non-hydrogen) atoms. The molecule has 4 nitrogen and oxygen atoms in total. The van der Waals surface area contributed by atoms with Crippen molar-refractivity contribution < 1.29 is 14.6 Å². The molecule has 0 aliphatic rings. The quantitative estimate of drug-likeness (QED) is 0.846. The molecule has 0 aliphatic carbocycles. The summed E-state index contributed by atoms with van der Waals surface area (Å²) in [4.78, 5) is 11.8. The molecule has 0 spiro atoms. The van der Waals surface area contributed by atoms with Gasteiger partial charge in [0.05, 0.1) is 6.61 Å². The second kappa shape index (κ2) is 7.46. The lowest BCUT2D eigenvalue weighted by Crippen LogP contribution is -2.45. The van der Waals surface area contributed by atoms with Crippen LogP contribution in [0, 0.1) is 0 Å². The minimum Gasteiger partial charge on any atom is -0.444 e. The number of rotatable bonds is 6. The van der Waals surface area contributed by atoms with E-state index in [1.165, 1.54) is 0 Å². The van der Waals surface area contributed by atoms with E-state index in [2.05, 4.69) is 12.2 Å². The van der Waals surface area contributed by atoms with Crippen molar-refractivity contribution in [3.63, 3.8) is 0 Å². The van der Waals surface area contributed by atoms with Crippen molar-refractivity contribution in [2.75, 3.05) is 13.2 Å². The Bertz CT molecular complexity index is 439. The fourth-order valence-corrected chi connectivity index (χ4v) is 2.39. The van der Waals surface area contributed by atoms with Gasteiger partial charge in [-0.05, 0) is 32.8 Å². The first-order valence-electron chi connectivity index (χ1n) is 7.46. The first kappa shape index (κ1) is 17.5. The summed E-state index contributed by atoms with van der Waals surface area (Å²) < 4.78 is 5.26. The zero-order valence-electron chi connectivity index (χ0n) is 13.5. The molecule has 1 amide bonds. The summed E-state index contributed by atoms with van der Waals surface area (Å²) in [7, 11) is 0. The maximum atomic E-state index is 11.8. The second-order valence-corrected chi connectivity index (χ2v) is 6.41. The fourth-order valence-electron chi connectivity index (χ4n) is 2.39. The first-order valence-corrected chi connectivity index (χ1v) is 7.46. The Kier molecular flexibility index (Phi) is 6.21. The molecule has 0 aliphatic heterocycles. The highest BCUT2D eigenvalue weighted by Crippen LogP contribution is 2.28. The summed E-state index contributed by atoms with van der Waals surface area (Å²) in [6.07, 6.45) is 1.27. The number of aliphatic hydroxyl groups is 1. The zero-order valence-corrected chi connectivity index (χ0v) is 13.5. The predicted molar refractivity (Wildman–Crippen MR) is 84.4 cm³/mol. The molecule has 1 rings (SSSR count). The van der Waals surface area contributed by atoms with Gasteiger partial charge in [0.15, 0.2) is 0 Å². The number of aliphatic hydroxyl groups excluding tert-OH is 1. The van der Waals surface area contributed by atoms with Crippen LogP contribution in [0.15, 0.2) is 30.3 Å². The highest BCUT2D eigenvalue weighted by atomic mass is 16.6. The van der Waals surface area contributed by atoms with Crippen LogP contribution in [0.3, 0.4) is 0 Å². The summed E-state index contributed by atoms with van der Waals surface area (Å²) >= 11 is 0. The number of nitrogens with one attached hydrogen (secondary N) is 1. The SMILES string of the molecule is CCCC(CO)(CNC(=O)OC(C)(C)C)c1ccccc1. The molecule has 0 saturated heterocycles. The summed E-state index contributed by atoms with van der Waals surface area (Å²) in [5.74, 6) is 0. The minimum absolute atomic E-state index is 0.0132. The number of carbonyl (C=O) groups is 1. The molecule has 0 heterocycles. The van der Waals surface area contributed by atoms with E-state index in [-0.39, 0.29) is 6.61 Å². The minimum atomic E-state index is -0.524. The van der Waals surface area contributed by atoms with Crippen molar-refractivity contribution in [1.82, 2.24) is 5.32 Å². The molecule has 0 bridgehead atoms. The number of hydrogen-bond donors (Lipinski definition) is 2. The third kappa shape index (κ3) is 5.38. The summed E-state index contributed by atoms with van der Waals surface area (Å²) in [6, 6.07) is 9.82. The van der Waals surface area contributed by atoms with E-state index in [4.69, 9.17) is 4.74 Å². The lowest BCUT2D eigenvalue weighted by molar-refractivity contribution is 0.0500. The van der Waals surface area contributed by atoms with Crippen LogP contribution in [-0.4, -0.2) is 30.0 Å². The third-order valence-corrected chi connectivity index (χ3v) is 3.39. The van der Waals surface area contributed by atoms with Crippen LogP contribution in [0.25, 0.3) is 0 Å². The topological polar surface area (TPSA) is 58.6 Å². The van der Waals surface area contributed by atoms with Crippen LogP contribution in [0.5, 0.6) is 0 Å². The normalized spacial score (nSPS) is 14.3. The molecule has 1 unspecified atom stereocenters. The maximum absolute atomic E-state index is 11.8. The molecule has 118 valence electrons. The van der Waals surface area contributed by atoms with Crippen molar-refractivity contribution in [3.05, 3.63) is 35.9 Å². The van der Waals surface area contributed by atoms with Crippen LogP contribution in [-0.2, 0) is 10.2 Å². The molecular formula is C17H27NO3. The number of carbonyl (C=O) groups excluding carboxylic acids is 1. The molecule has 0 radical (unpaired) electrons. The number of benzene rings is 1. The molecule has 0 fully saturated rings. The third-order valence-electron chi connectivity index (χ3n) is 3.39. The molecule has 0 saturated carbocycles.